The van der Waals surface area contributed by atoms with E-state index in [9.17, 15) is 0 Å². The molecule has 0 bridgehead atoms. The zero-order valence-electron chi connectivity index (χ0n) is 9.46. The first kappa shape index (κ1) is 11.3. The Morgan fingerprint density at radius 2 is 2.12 bits per heavy atom. The fraction of sp³-hybridized carbons (Fsp3) is 0.182. The highest BCUT2D eigenvalue weighted by atomic mass is 16.5. The average molecular weight is 233 g/mol. The molecule has 90 valence electrons. The van der Waals surface area contributed by atoms with Crippen molar-refractivity contribution in [3.63, 3.8) is 0 Å². The highest BCUT2D eigenvalue weighted by molar-refractivity contribution is 5.76. The Kier molecular flexibility index (Phi) is 2.88. The molecule has 1 heterocycles. The third-order valence-electron chi connectivity index (χ3n) is 2.80. The van der Waals surface area contributed by atoms with Gasteiger partial charge in [-0.15, -0.1) is 5.10 Å². The second-order valence-electron chi connectivity index (χ2n) is 3.91. The lowest BCUT2D eigenvalue weighted by Gasteiger charge is -2.44. The van der Waals surface area contributed by atoms with Crippen LogP contribution in [0, 0.1) is 0 Å². The number of hydroxylamine groups is 1. The lowest BCUT2D eigenvalue weighted by atomic mass is 9.87. The molecule has 0 amide bonds. The smallest absolute Gasteiger partial charge is 0.236 e. The predicted octanol–water partition coefficient (Wildman–Crippen LogP) is 0.444. The van der Waals surface area contributed by atoms with Crippen LogP contribution < -0.4 is 16.7 Å². The maximum atomic E-state index is 8.50. The van der Waals surface area contributed by atoms with Crippen molar-refractivity contribution in [3.8, 4) is 0 Å². The van der Waals surface area contributed by atoms with E-state index in [4.69, 9.17) is 10.9 Å². The standard InChI is InChI=1S/C11H15N5O/c1-11(9-5-3-2-4-6-9)7-8-16(11)15-13-10(12)14-17/h2-8,15,17H,1H3,(H3,12,13,14). The minimum atomic E-state index is -0.263. The van der Waals surface area contributed by atoms with Crippen LogP contribution in [0.15, 0.2) is 47.7 Å². The SMILES string of the molecule is CC1(c2ccccc2)C=CN1N/N=C(\N)NO. The summed E-state index contributed by atoms with van der Waals surface area (Å²) in [5, 5.41) is 14.0. The van der Waals surface area contributed by atoms with E-state index in [1.54, 1.807) is 10.5 Å². The van der Waals surface area contributed by atoms with Gasteiger partial charge in [-0.25, -0.2) is 11.0 Å². The van der Waals surface area contributed by atoms with Crippen LogP contribution in [0.1, 0.15) is 12.5 Å². The first-order chi connectivity index (χ1) is 8.16. The average Bonchev–Trinajstić information content (AvgIpc) is 2.37. The van der Waals surface area contributed by atoms with Crippen molar-refractivity contribution in [3.05, 3.63) is 48.2 Å². The predicted molar refractivity (Wildman–Crippen MR) is 64.5 cm³/mol. The lowest BCUT2D eigenvalue weighted by Crippen LogP contribution is -2.52. The van der Waals surface area contributed by atoms with Crippen LogP contribution in [-0.2, 0) is 5.54 Å². The first-order valence-electron chi connectivity index (χ1n) is 5.20. The molecule has 1 aliphatic rings. The molecule has 0 aromatic heterocycles. The summed E-state index contributed by atoms with van der Waals surface area (Å²) >= 11 is 0. The molecule has 17 heavy (non-hydrogen) atoms. The maximum absolute atomic E-state index is 8.50. The Balaban J connectivity index is 2.11. The van der Waals surface area contributed by atoms with Gasteiger partial charge in [0.15, 0.2) is 0 Å². The van der Waals surface area contributed by atoms with Crippen molar-refractivity contribution < 1.29 is 5.21 Å². The summed E-state index contributed by atoms with van der Waals surface area (Å²) in [6.07, 6.45) is 3.90. The summed E-state index contributed by atoms with van der Waals surface area (Å²) in [6.45, 7) is 2.05. The molecule has 2 rings (SSSR count). The van der Waals surface area contributed by atoms with Gasteiger partial charge in [0.1, 0.15) is 5.54 Å². The largest absolute Gasteiger partial charge is 0.367 e. The van der Waals surface area contributed by atoms with E-state index < -0.39 is 0 Å². The molecule has 0 saturated carbocycles. The second-order valence-corrected chi connectivity index (χ2v) is 3.91. The fourth-order valence-electron chi connectivity index (χ4n) is 1.65. The molecule has 6 nitrogen and oxygen atoms in total. The number of hydrazone groups is 1. The summed E-state index contributed by atoms with van der Waals surface area (Å²) in [6, 6.07) is 10.0. The van der Waals surface area contributed by atoms with Crippen molar-refractivity contribution >= 4 is 5.96 Å². The topological polar surface area (TPSA) is 85.9 Å². The lowest BCUT2D eigenvalue weighted by molar-refractivity contribution is 0.107. The molecule has 5 N–H and O–H groups in total. The van der Waals surface area contributed by atoms with Crippen LogP contribution in [-0.4, -0.2) is 16.2 Å². The number of hydrazine groups is 1. The minimum absolute atomic E-state index is 0.0966. The summed E-state index contributed by atoms with van der Waals surface area (Å²) in [4.78, 5) is 0. The second kappa shape index (κ2) is 4.34. The van der Waals surface area contributed by atoms with E-state index in [1.165, 1.54) is 0 Å². The maximum Gasteiger partial charge on any atom is 0.236 e. The van der Waals surface area contributed by atoms with Crippen LogP contribution in [0.3, 0.4) is 0 Å². The zero-order chi connectivity index (χ0) is 12.3. The van der Waals surface area contributed by atoms with E-state index in [0.29, 0.717) is 0 Å². The minimum Gasteiger partial charge on any atom is -0.367 e. The molecule has 1 unspecified atom stereocenters. The van der Waals surface area contributed by atoms with Gasteiger partial charge < -0.3 is 5.73 Å². The normalized spacial score (nSPS) is 23.2. The van der Waals surface area contributed by atoms with Gasteiger partial charge in [-0.3, -0.25) is 10.2 Å². The molecule has 6 heteroatoms. The van der Waals surface area contributed by atoms with Gasteiger partial charge in [0.25, 0.3) is 0 Å². The van der Waals surface area contributed by atoms with E-state index >= 15 is 0 Å². The molecular weight excluding hydrogens is 218 g/mol. The molecule has 0 aliphatic carbocycles. The van der Waals surface area contributed by atoms with E-state index in [2.05, 4.69) is 10.6 Å². The van der Waals surface area contributed by atoms with Crippen LogP contribution in [0.25, 0.3) is 0 Å². The highest BCUT2D eigenvalue weighted by Gasteiger charge is 2.36. The van der Waals surface area contributed by atoms with Gasteiger partial charge in [-0.05, 0) is 18.6 Å². The van der Waals surface area contributed by atoms with Crippen molar-refractivity contribution in [2.45, 2.75) is 12.5 Å². The Hall–Kier alpha value is -2.21. The van der Waals surface area contributed by atoms with Gasteiger partial charge in [0.2, 0.25) is 5.96 Å². The number of nitrogens with one attached hydrogen (secondary N) is 2. The summed E-state index contributed by atoms with van der Waals surface area (Å²) < 4.78 is 0. The Morgan fingerprint density at radius 3 is 2.65 bits per heavy atom. The number of benzene rings is 1. The molecule has 1 aromatic carbocycles. The van der Waals surface area contributed by atoms with Crippen molar-refractivity contribution in [1.29, 1.82) is 0 Å². The summed E-state index contributed by atoms with van der Waals surface area (Å²) in [5.41, 5.74) is 10.7. The molecule has 0 fully saturated rings. The first-order valence-corrected chi connectivity index (χ1v) is 5.20. The Labute approximate surface area is 99.3 Å². The van der Waals surface area contributed by atoms with Gasteiger partial charge in [-0.1, -0.05) is 30.3 Å². The fourth-order valence-corrected chi connectivity index (χ4v) is 1.65. The highest BCUT2D eigenvalue weighted by Crippen LogP contribution is 2.35. The van der Waals surface area contributed by atoms with Gasteiger partial charge in [0.05, 0.1) is 0 Å². The molecular formula is C11H15N5O. The number of hydrogen-bond acceptors (Lipinski definition) is 4. The quantitative estimate of drug-likeness (QED) is 0.346. The molecule has 0 spiro atoms. The zero-order valence-corrected chi connectivity index (χ0v) is 9.46. The van der Waals surface area contributed by atoms with Crippen LogP contribution in [0.5, 0.6) is 0 Å². The number of guanidine groups is 1. The summed E-state index contributed by atoms with van der Waals surface area (Å²) in [5.74, 6) is -0.0966. The molecule has 1 aromatic rings. The van der Waals surface area contributed by atoms with Crippen LogP contribution in [0.2, 0.25) is 0 Å². The van der Waals surface area contributed by atoms with E-state index in [1.807, 2.05) is 49.5 Å². The van der Waals surface area contributed by atoms with Crippen LogP contribution >= 0.6 is 0 Å². The van der Waals surface area contributed by atoms with Gasteiger partial charge in [-0.2, -0.15) is 0 Å². The Bertz CT molecular complexity index is 444. The Morgan fingerprint density at radius 1 is 1.41 bits per heavy atom. The number of nitrogens with two attached hydrogens (primary N) is 1. The van der Waals surface area contributed by atoms with Crippen molar-refractivity contribution in [2.24, 2.45) is 10.8 Å². The monoisotopic (exact) mass is 233 g/mol. The molecule has 0 saturated heterocycles. The van der Waals surface area contributed by atoms with Crippen molar-refractivity contribution in [1.82, 2.24) is 16.0 Å². The molecule has 1 aliphatic heterocycles. The van der Waals surface area contributed by atoms with Crippen molar-refractivity contribution in [2.75, 3.05) is 0 Å². The number of nitrogens with zero attached hydrogens (tertiary/aromatic N) is 2. The number of hydrogen-bond donors (Lipinski definition) is 4. The van der Waals surface area contributed by atoms with E-state index in [-0.39, 0.29) is 11.5 Å². The summed E-state index contributed by atoms with van der Waals surface area (Å²) in [7, 11) is 0. The third kappa shape index (κ3) is 2.02. The van der Waals surface area contributed by atoms with E-state index in [0.717, 1.165) is 5.56 Å². The van der Waals surface area contributed by atoms with Gasteiger partial charge >= 0.3 is 0 Å². The molecule has 1 atom stereocenters. The van der Waals surface area contributed by atoms with Gasteiger partial charge in [0, 0.05) is 6.20 Å². The third-order valence-corrected chi connectivity index (χ3v) is 2.80. The molecule has 0 radical (unpaired) electrons. The number of rotatable bonds is 3. The van der Waals surface area contributed by atoms with Crippen LogP contribution in [0.4, 0.5) is 0 Å².